The van der Waals surface area contributed by atoms with Gasteiger partial charge in [0.25, 0.3) is 0 Å². The maximum absolute atomic E-state index is 14.0. The van der Waals surface area contributed by atoms with E-state index in [4.69, 9.17) is 11.6 Å². The number of benzene rings is 1. The summed E-state index contributed by atoms with van der Waals surface area (Å²) >= 11 is 6.13. The van der Waals surface area contributed by atoms with Crippen molar-refractivity contribution >= 4 is 17.5 Å². The monoisotopic (exact) mass is 324 g/mol. The van der Waals surface area contributed by atoms with Crippen molar-refractivity contribution in [3.8, 4) is 0 Å². The van der Waals surface area contributed by atoms with Crippen LogP contribution in [0.1, 0.15) is 37.7 Å². The SMILES string of the molecule is CCCN(C(=O)C1CC1c1c(F)cccc1Cl)C1CCNC1. The molecule has 1 saturated heterocycles. The van der Waals surface area contributed by atoms with E-state index < -0.39 is 0 Å². The Bertz CT molecular complexity index is 539. The Morgan fingerprint density at radius 3 is 2.95 bits per heavy atom. The highest BCUT2D eigenvalue weighted by atomic mass is 35.5. The molecule has 1 amide bonds. The van der Waals surface area contributed by atoms with Crippen molar-refractivity contribution in [2.45, 2.75) is 38.1 Å². The number of nitrogens with zero attached hydrogens (tertiary/aromatic N) is 1. The minimum Gasteiger partial charge on any atom is -0.338 e. The lowest BCUT2D eigenvalue weighted by molar-refractivity contribution is -0.134. The third-order valence-corrected chi connectivity index (χ3v) is 5.03. The van der Waals surface area contributed by atoms with Gasteiger partial charge in [-0.25, -0.2) is 4.39 Å². The van der Waals surface area contributed by atoms with Gasteiger partial charge in [-0.2, -0.15) is 0 Å². The molecule has 5 heteroatoms. The van der Waals surface area contributed by atoms with Crippen LogP contribution < -0.4 is 5.32 Å². The average molecular weight is 325 g/mol. The van der Waals surface area contributed by atoms with Gasteiger partial charge in [0.1, 0.15) is 5.82 Å². The molecule has 3 rings (SSSR count). The van der Waals surface area contributed by atoms with Crippen LogP contribution in [0.3, 0.4) is 0 Å². The van der Waals surface area contributed by atoms with Gasteiger partial charge in [0.2, 0.25) is 5.91 Å². The van der Waals surface area contributed by atoms with Gasteiger partial charge in [-0.05, 0) is 37.9 Å². The summed E-state index contributed by atoms with van der Waals surface area (Å²) in [5.41, 5.74) is 0.517. The molecule has 1 N–H and O–H groups in total. The standard InChI is InChI=1S/C17H22ClFN2O/c1-2-8-21(11-6-7-20-10-11)17(22)13-9-12(13)16-14(18)4-3-5-15(16)19/h3-5,11-13,20H,2,6-10H2,1H3. The van der Waals surface area contributed by atoms with E-state index in [-0.39, 0.29) is 29.6 Å². The van der Waals surface area contributed by atoms with Crippen LogP contribution >= 0.6 is 11.6 Å². The zero-order chi connectivity index (χ0) is 15.7. The quantitative estimate of drug-likeness (QED) is 0.902. The van der Waals surface area contributed by atoms with Crippen molar-refractivity contribution in [2.24, 2.45) is 5.92 Å². The number of carbonyl (C=O) groups excluding carboxylic acids is 1. The number of halogens is 2. The van der Waals surface area contributed by atoms with Crippen molar-refractivity contribution in [1.29, 1.82) is 0 Å². The van der Waals surface area contributed by atoms with Crippen LogP contribution in [-0.4, -0.2) is 36.5 Å². The molecule has 1 aliphatic heterocycles. The topological polar surface area (TPSA) is 32.3 Å². The first-order valence-corrected chi connectivity index (χ1v) is 8.46. The molecular formula is C17H22ClFN2O. The molecule has 3 nitrogen and oxygen atoms in total. The van der Waals surface area contributed by atoms with Gasteiger partial charge in [-0.3, -0.25) is 4.79 Å². The molecule has 1 aromatic rings. The number of hydrogen-bond donors (Lipinski definition) is 1. The van der Waals surface area contributed by atoms with E-state index >= 15 is 0 Å². The molecule has 1 aliphatic carbocycles. The van der Waals surface area contributed by atoms with Crippen LogP contribution in [0.5, 0.6) is 0 Å². The summed E-state index contributed by atoms with van der Waals surface area (Å²) in [6.07, 6.45) is 2.66. The summed E-state index contributed by atoms with van der Waals surface area (Å²) in [6, 6.07) is 5.01. The molecular weight excluding hydrogens is 303 g/mol. The van der Waals surface area contributed by atoms with Crippen LogP contribution in [0.4, 0.5) is 4.39 Å². The van der Waals surface area contributed by atoms with Gasteiger partial charge in [0, 0.05) is 41.6 Å². The molecule has 3 unspecified atom stereocenters. The van der Waals surface area contributed by atoms with Crippen LogP contribution in [0.15, 0.2) is 18.2 Å². The van der Waals surface area contributed by atoms with Crippen molar-refractivity contribution in [1.82, 2.24) is 10.2 Å². The molecule has 0 spiro atoms. The van der Waals surface area contributed by atoms with Gasteiger partial charge in [0.15, 0.2) is 0 Å². The Morgan fingerprint density at radius 2 is 2.32 bits per heavy atom. The summed E-state index contributed by atoms with van der Waals surface area (Å²) in [5.74, 6) is -0.297. The summed E-state index contributed by atoms with van der Waals surface area (Å²) in [4.78, 5) is 14.8. The van der Waals surface area contributed by atoms with Crippen LogP contribution in [0, 0.1) is 11.7 Å². The van der Waals surface area contributed by atoms with E-state index in [2.05, 4.69) is 12.2 Å². The fourth-order valence-corrected chi connectivity index (χ4v) is 3.79. The Labute approximate surface area is 135 Å². The number of nitrogens with one attached hydrogen (secondary N) is 1. The summed E-state index contributed by atoms with van der Waals surface area (Å²) in [7, 11) is 0. The van der Waals surface area contributed by atoms with Gasteiger partial charge in [0.05, 0.1) is 0 Å². The van der Waals surface area contributed by atoms with E-state index in [0.717, 1.165) is 32.5 Å². The van der Waals surface area contributed by atoms with Crippen molar-refractivity contribution in [3.63, 3.8) is 0 Å². The van der Waals surface area contributed by atoms with Crippen LogP contribution in [0.2, 0.25) is 5.02 Å². The molecule has 1 aromatic carbocycles. The minimum atomic E-state index is -0.294. The molecule has 0 bridgehead atoms. The Morgan fingerprint density at radius 1 is 1.50 bits per heavy atom. The van der Waals surface area contributed by atoms with Gasteiger partial charge >= 0.3 is 0 Å². The minimum absolute atomic E-state index is 0.0603. The number of carbonyl (C=O) groups is 1. The second-order valence-electron chi connectivity index (χ2n) is 6.26. The van der Waals surface area contributed by atoms with Gasteiger partial charge in [-0.15, -0.1) is 0 Å². The second kappa shape index (κ2) is 6.55. The lowest BCUT2D eigenvalue weighted by Gasteiger charge is -2.28. The molecule has 22 heavy (non-hydrogen) atoms. The molecule has 1 heterocycles. The van der Waals surface area contributed by atoms with Crippen LogP contribution in [-0.2, 0) is 4.79 Å². The lowest BCUT2D eigenvalue weighted by atomic mass is 10.1. The fraction of sp³-hybridized carbons (Fsp3) is 0.588. The smallest absolute Gasteiger partial charge is 0.226 e. The molecule has 120 valence electrons. The third-order valence-electron chi connectivity index (χ3n) is 4.70. The maximum Gasteiger partial charge on any atom is 0.226 e. The van der Waals surface area contributed by atoms with E-state index in [1.54, 1.807) is 12.1 Å². The third kappa shape index (κ3) is 2.99. The highest BCUT2D eigenvalue weighted by Crippen LogP contribution is 2.51. The normalized spacial score (nSPS) is 27.0. The average Bonchev–Trinajstić information content (AvgIpc) is 3.08. The van der Waals surface area contributed by atoms with Crippen LogP contribution in [0.25, 0.3) is 0 Å². The largest absolute Gasteiger partial charge is 0.338 e. The molecule has 1 saturated carbocycles. The predicted octanol–water partition coefficient (Wildman–Crippen LogP) is 3.18. The predicted molar refractivity (Wildman–Crippen MR) is 85.5 cm³/mol. The van der Waals surface area contributed by atoms with E-state index in [9.17, 15) is 9.18 Å². The highest BCUT2D eigenvalue weighted by molar-refractivity contribution is 6.31. The molecule has 0 aromatic heterocycles. The lowest BCUT2D eigenvalue weighted by Crippen LogP contribution is -2.43. The number of rotatable bonds is 5. The zero-order valence-corrected chi connectivity index (χ0v) is 13.6. The first kappa shape index (κ1) is 15.8. The maximum atomic E-state index is 14.0. The Balaban J connectivity index is 1.73. The fourth-order valence-electron chi connectivity index (χ4n) is 3.48. The van der Waals surface area contributed by atoms with Crippen molar-refractivity contribution < 1.29 is 9.18 Å². The summed E-state index contributed by atoms with van der Waals surface area (Å²) < 4.78 is 14.0. The van der Waals surface area contributed by atoms with E-state index in [1.807, 2.05) is 4.90 Å². The Hall–Kier alpha value is -1.13. The zero-order valence-electron chi connectivity index (χ0n) is 12.8. The first-order valence-electron chi connectivity index (χ1n) is 8.08. The van der Waals surface area contributed by atoms with Crippen molar-refractivity contribution in [2.75, 3.05) is 19.6 Å². The van der Waals surface area contributed by atoms with Crippen molar-refractivity contribution in [3.05, 3.63) is 34.6 Å². The van der Waals surface area contributed by atoms with E-state index in [0.29, 0.717) is 17.0 Å². The van der Waals surface area contributed by atoms with E-state index in [1.165, 1.54) is 6.07 Å². The second-order valence-corrected chi connectivity index (χ2v) is 6.67. The summed E-state index contributed by atoms with van der Waals surface area (Å²) in [6.45, 7) is 4.69. The highest BCUT2D eigenvalue weighted by Gasteiger charge is 2.48. The van der Waals surface area contributed by atoms with Gasteiger partial charge in [-0.1, -0.05) is 24.6 Å². The number of hydrogen-bond acceptors (Lipinski definition) is 2. The number of amides is 1. The molecule has 2 aliphatic rings. The van der Waals surface area contributed by atoms with Gasteiger partial charge < -0.3 is 10.2 Å². The molecule has 3 atom stereocenters. The first-order chi connectivity index (χ1) is 10.6. The Kier molecular flexibility index (Phi) is 4.69. The molecule has 0 radical (unpaired) electrons. The summed E-state index contributed by atoms with van der Waals surface area (Å²) in [5, 5.41) is 3.75. The molecule has 2 fully saturated rings.